The topological polar surface area (TPSA) is 108 Å². The molecule has 1 saturated heterocycles. The third-order valence-electron chi connectivity index (χ3n) is 6.03. The van der Waals surface area contributed by atoms with Gasteiger partial charge in [0.25, 0.3) is 11.8 Å². The number of ether oxygens (including phenoxy) is 1. The summed E-state index contributed by atoms with van der Waals surface area (Å²) >= 11 is 0. The fourth-order valence-corrected chi connectivity index (χ4v) is 4.31. The number of rotatable bonds is 8. The van der Waals surface area contributed by atoms with E-state index < -0.39 is 23.8 Å². The summed E-state index contributed by atoms with van der Waals surface area (Å²) in [6, 6.07) is 4.32. The number of carbonyl (C=O) groups excluding carboxylic acids is 4. The van der Waals surface area contributed by atoms with Crippen molar-refractivity contribution in [2.45, 2.75) is 50.3 Å². The first-order valence-corrected chi connectivity index (χ1v) is 10.7. The fourth-order valence-electron chi connectivity index (χ4n) is 4.31. The largest absolute Gasteiger partial charge is 0.381 e. The maximum Gasteiger partial charge on any atom is 0.264 e. The predicted octanol–water partition coefficient (Wildman–Crippen LogP) is 0.999. The van der Waals surface area contributed by atoms with E-state index in [0.29, 0.717) is 11.3 Å². The standard InChI is InChI=1S/C22H28N4O5/c1-25(2)9-4-10-31-14-11-13(12-14)23-16-6-3-5-15-19(16)22(30)26(21(15)29)17-7-8-18(27)24-20(17)28/h3,5-6,13-14,17,23H,4,7-12H2,1-2H3,(H,24,27,28)/t13-,14-,17?. The Bertz CT molecular complexity index is 909. The Labute approximate surface area is 181 Å². The van der Waals surface area contributed by atoms with E-state index in [-0.39, 0.29) is 36.5 Å². The van der Waals surface area contributed by atoms with Gasteiger partial charge in [-0.1, -0.05) is 6.07 Å². The zero-order valence-electron chi connectivity index (χ0n) is 17.8. The summed E-state index contributed by atoms with van der Waals surface area (Å²) in [7, 11) is 4.07. The number of carbonyl (C=O) groups is 4. The van der Waals surface area contributed by atoms with Gasteiger partial charge in [-0.05, 0) is 58.5 Å². The van der Waals surface area contributed by atoms with Crippen LogP contribution in [-0.4, -0.2) is 78.9 Å². The lowest BCUT2D eigenvalue weighted by molar-refractivity contribution is -0.136. The van der Waals surface area contributed by atoms with E-state index in [1.165, 1.54) is 0 Å². The van der Waals surface area contributed by atoms with Crippen molar-refractivity contribution in [2.75, 3.05) is 32.6 Å². The monoisotopic (exact) mass is 428 g/mol. The van der Waals surface area contributed by atoms with Gasteiger partial charge in [0.2, 0.25) is 11.8 Å². The van der Waals surface area contributed by atoms with Crippen molar-refractivity contribution in [1.82, 2.24) is 15.1 Å². The van der Waals surface area contributed by atoms with Crippen molar-refractivity contribution in [3.05, 3.63) is 29.3 Å². The van der Waals surface area contributed by atoms with Crippen LogP contribution in [0.5, 0.6) is 0 Å². The normalized spacial score (nSPS) is 25.5. The van der Waals surface area contributed by atoms with Crippen LogP contribution in [0.2, 0.25) is 0 Å². The van der Waals surface area contributed by atoms with Crippen LogP contribution in [-0.2, 0) is 14.3 Å². The summed E-state index contributed by atoms with van der Waals surface area (Å²) in [6.07, 6.45) is 3.12. The van der Waals surface area contributed by atoms with Crippen molar-refractivity contribution in [1.29, 1.82) is 0 Å². The van der Waals surface area contributed by atoms with Gasteiger partial charge in [0.15, 0.2) is 0 Å². The van der Waals surface area contributed by atoms with Crippen molar-refractivity contribution < 1.29 is 23.9 Å². The van der Waals surface area contributed by atoms with Gasteiger partial charge < -0.3 is 15.0 Å². The predicted molar refractivity (Wildman–Crippen MR) is 113 cm³/mol. The van der Waals surface area contributed by atoms with Crippen LogP contribution < -0.4 is 10.6 Å². The summed E-state index contributed by atoms with van der Waals surface area (Å²) in [5.41, 5.74) is 1.18. The van der Waals surface area contributed by atoms with E-state index >= 15 is 0 Å². The van der Waals surface area contributed by atoms with Crippen LogP contribution in [0.1, 0.15) is 52.8 Å². The average Bonchev–Trinajstić information content (AvgIpc) is 2.94. The van der Waals surface area contributed by atoms with Crippen molar-refractivity contribution >= 4 is 29.3 Å². The molecule has 2 fully saturated rings. The van der Waals surface area contributed by atoms with Crippen LogP contribution >= 0.6 is 0 Å². The smallest absolute Gasteiger partial charge is 0.264 e. The highest BCUT2D eigenvalue weighted by atomic mass is 16.5. The van der Waals surface area contributed by atoms with E-state index in [0.717, 1.165) is 37.3 Å². The Morgan fingerprint density at radius 3 is 2.65 bits per heavy atom. The molecule has 1 aliphatic carbocycles. The molecular weight excluding hydrogens is 400 g/mol. The lowest BCUT2D eigenvalue weighted by Gasteiger charge is -2.36. The second-order valence-electron chi connectivity index (χ2n) is 8.64. The third kappa shape index (κ3) is 4.33. The lowest BCUT2D eigenvalue weighted by Crippen LogP contribution is -2.54. The molecule has 9 nitrogen and oxygen atoms in total. The number of amides is 4. The number of nitrogens with one attached hydrogen (secondary N) is 2. The number of hydrogen-bond donors (Lipinski definition) is 2. The Kier molecular flexibility index (Phi) is 6.06. The molecule has 1 aromatic rings. The SMILES string of the molecule is CN(C)CCCO[C@H]1C[C@H](Nc2cccc3c2C(=O)N(C2CCC(=O)NC2=O)C3=O)C1. The first kappa shape index (κ1) is 21.5. The second kappa shape index (κ2) is 8.76. The van der Waals surface area contributed by atoms with E-state index in [4.69, 9.17) is 4.74 Å². The first-order chi connectivity index (χ1) is 14.8. The minimum Gasteiger partial charge on any atom is -0.381 e. The Balaban J connectivity index is 1.38. The molecule has 3 aliphatic rings. The molecule has 1 saturated carbocycles. The number of fused-ring (bicyclic) bond motifs is 1. The second-order valence-corrected chi connectivity index (χ2v) is 8.64. The van der Waals surface area contributed by atoms with Gasteiger partial charge >= 0.3 is 0 Å². The highest BCUT2D eigenvalue weighted by Gasteiger charge is 2.46. The zero-order valence-corrected chi connectivity index (χ0v) is 17.8. The molecule has 2 aliphatic heterocycles. The molecule has 4 amide bonds. The molecule has 31 heavy (non-hydrogen) atoms. The van der Waals surface area contributed by atoms with E-state index in [2.05, 4.69) is 15.5 Å². The molecule has 0 aromatic heterocycles. The molecule has 4 rings (SSSR count). The first-order valence-electron chi connectivity index (χ1n) is 10.7. The summed E-state index contributed by atoms with van der Waals surface area (Å²) in [6.45, 7) is 1.72. The van der Waals surface area contributed by atoms with Gasteiger partial charge in [0.05, 0.1) is 17.2 Å². The lowest BCUT2D eigenvalue weighted by atomic mass is 9.88. The maximum absolute atomic E-state index is 13.1. The number of hydrogen-bond acceptors (Lipinski definition) is 7. The van der Waals surface area contributed by atoms with Crippen LogP contribution in [0, 0.1) is 0 Å². The molecule has 1 unspecified atom stereocenters. The molecule has 1 atom stereocenters. The minimum atomic E-state index is -0.957. The van der Waals surface area contributed by atoms with Gasteiger partial charge in [-0.3, -0.25) is 29.4 Å². The highest BCUT2D eigenvalue weighted by Crippen LogP contribution is 2.35. The number of nitrogens with zero attached hydrogens (tertiary/aromatic N) is 2. The quantitative estimate of drug-likeness (QED) is 0.470. The van der Waals surface area contributed by atoms with Crippen molar-refractivity contribution in [2.24, 2.45) is 0 Å². The Hall–Kier alpha value is -2.78. The van der Waals surface area contributed by atoms with E-state index in [1.54, 1.807) is 18.2 Å². The molecular formula is C22H28N4O5. The van der Waals surface area contributed by atoms with Gasteiger partial charge in [0.1, 0.15) is 6.04 Å². The summed E-state index contributed by atoms with van der Waals surface area (Å²) in [4.78, 5) is 52.8. The van der Waals surface area contributed by atoms with E-state index in [1.807, 2.05) is 14.1 Å². The van der Waals surface area contributed by atoms with Gasteiger partial charge in [-0.25, -0.2) is 0 Å². The molecule has 1 aromatic carbocycles. The summed E-state index contributed by atoms with van der Waals surface area (Å²) < 4.78 is 5.88. The van der Waals surface area contributed by atoms with Crippen LogP contribution in [0.3, 0.4) is 0 Å². The van der Waals surface area contributed by atoms with E-state index in [9.17, 15) is 19.2 Å². The van der Waals surface area contributed by atoms with Gasteiger partial charge in [0, 0.05) is 24.8 Å². The molecule has 9 heteroatoms. The average molecular weight is 428 g/mol. The fraction of sp³-hybridized carbons (Fsp3) is 0.545. The minimum absolute atomic E-state index is 0.104. The molecule has 0 spiro atoms. The van der Waals surface area contributed by atoms with Crippen molar-refractivity contribution in [3.63, 3.8) is 0 Å². The Morgan fingerprint density at radius 2 is 1.94 bits per heavy atom. The number of anilines is 1. The number of imide groups is 2. The van der Waals surface area contributed by atoms with Crippen molar-refractivity contribution in [3.8, 4) is 0 Å². The van der Waals surface area contributed by atoms with Crippen LogP contribution in [0.4, 0.5) is 5.69 Å². The molecule has 166 valence electrons. The highest BCUT2D eigenvalue weighted by molar-refractivity contribution is 6.25. The number of piperidine rings is 1. The summed E-state index contributed by atoms with van der Waals surface area (Å²) in [5, 5.41) is 5.58. The molecule has 0 bridgehead atoms. The molecule has 2 heterocycles. The van der Waals surface area contributed by atoms with Crippen LogP contribution in [0.15, 0.2) is 18.2 Å². The zero-order chi connectivity index (χ0) is 22.1. The maximum atomic E-state index is 13.1. The summed E-state index contributed by atoms with van der Waals surface area (Å²) in [5.74, 6) is -1.97. The number of benzene rings is 1. The van der Waals surface area contributed by atoms with Crippen LogP contribution in [0.25, 0.3) is 0 Å². The van der Waals surface area contributed by atoms with Gasteiger partial charge in [-0.15, -0.1) is 0 Å². The van der Waals surface area contributed by atoms with Gasteiger partial charge in [-0.2, -0.15) is 0 Å². The Morgan fingerprint density at radius 1 is 1.16 bits per heavy atom. The molecule has 2 N–H and O–H groups in total. The molecule has 0 radical (unpaired) electrons. The third-order valence-corrected chi connectivity index (χ3v) is 6.03.